The third-order valence-corrected chi connectivity index (χ3v) is 2.79. The van der Waals surface area contributed by atoms with Gasteiger partial charge in [-0.15, -0.1) is 0 Å². The molecule has 7 heteroatoms. The molecule has 20 heavy (non-hydrogen) atoms. The highest BCUT2D eigenvalue weighted by molar-refractivity contribution is 5.95. The number of rotatable bonds is 3. The largest absolute Gasteiger partial charge is 0.482 e. The molecule has 0 saturated carbocycles. The van der Waals surface area contributed by atoms with Crippen molar-refractivity contribution in [1.29, 1.82) is 0 Å². The number of fused-ring (bicyclic) bond motifs is 1. The van der Waals surface area contributed by atoms with E-state index in [1.165, 1.54) is 12.3 Å². The van der Waals surface area contributed by atoms with E-state index in [0.717, 1.165) is 5.56 Å². The zero-order valence-electron chi connectivity index (χ0n) is 10.4. The van der Waals surface area contributed by atoms with E-state index >= 15 is 0 Å². The van der Waals surface area contributed by atoms with E-state index in [9.17, 15) is 9.59 Å². The van der Waals surface area contributed by atoms with Crippen molar-refractivity contribution in [2.24, 2.45) is 0 Å². The second kappa shape index (κ2) is 5.04. The molecule has 0 atom stereocenters. The number of carbonyl (C=O) groups excluding carboxylic acids is 2. The van der Waals surface area contributed by atoms with Crippen LogP contribution in [0.3, 0.4) is 0 Å². The first-order chi connectivity index (χ1) is 9.72. The van der Waals surface area contributed by atoms with Gasteiger partial charge < -0.3 is 19.9 Å². The molecule has 2 aromatic rings. The molecule has 2 heterocycles. The maximum atomic E-state index is 11.7. The van der Waals surface area contributed by atoms with E-state index in [0.29, 0.717) is 18.0 Å². The van der Waals surface area contributed by atoms with Gasteiger partial charge in [0.05, 0.1) is 11.9 Å². The average molecular weight is 273 g/mol. The SMILES string of the molecule is O=C1COc2ccc(CNC(=O)c3ccno3)cc2N1. The fourth-order valence-corrected chi connectivity index (χ4v) is 1.84. The normalized spacial score (nSPS) is 13.1. The summed E-state index contributed by atoms with van der Waals surface area (Å²) < 4.78 is 10.0. The Kier molecular flexibility index (Phi) is 3.08. The first kappa shape index (κ1) is 12.2. The molecule has 0 saturated heterocycles. The Labute approximate surface area is 113 Å². The molecule has 1 aromatic heterocycles. The fourth-order valence-electron chi connectivity index (χ4n) is 1.84. The number of benzene rings is 1. The Morgan fingerprint density at radius 3 is 3.10 bits per heavy atom. The Hall–Kier alpha value is -2.83. The van der Waals surface area contributed by atoms with Gasteiger partial charge in [-0.05, 0) is 17.7 Å². The zero-order chi connectivity index (χ0) is 13.9. The third kappa shape index (κ3) is 2.46. The zero-order valence-corrected chi connectivity index (χ0v) is 10.4. The smallest absolute Gasteiger partial charge is 0.290 e. The van der Waals surface area contributed by atoms with E-state index in [1.807, 2.05) is 6.07 Å². The van der Waals surface area contributed by atoms with Crippen LogP contribution in [0.1, 0.15) is 16.1 Å². The summed E-state index contributed by atoms with van der Waals surface area (Å²) in [7, 11) is 0. The highest BCUT2D eigenvalue weighted by atomic mass is 16.5. The standard InChI is InChI=1S/C13H11N3O4/c17-12-7-19-10-2-1-8(5-9(10)16-12)6-14-13(18)11-3-4-15-20-11/h1-5H,6-7H2,(H,14,18)(H,16,17). The number of nitrogens with zero attached hydrogens (tertiary/aromatic N) is 1. The number of hydrogen-bond acceptors (Lipinski definition) is 5. The van der Waals surface area contributed by atoms with Gasteiger partial charge in [0.25, 0.3) is 11.8 Å². The minimum atomic E-state index is -0.347. The minimum Gasteiger partial charge on any atom is -0.482 e. The molecule has 102 valence electrons. The third-order valence-electron chi connectivity index (χ3n) is 2.79. The van der Waals surface area contributed by atoms with Crippen molar-refractivity contribution in [2.45, 2.75) is 6.54 Å². The topological polar surface area (TPSA) is 93.5 Å². The van der Waals surface area contributed by atoms with Crippen LogP contribution in [-0.2, 0) is 11.3 Å². The van der Waals surface area contributed by atoms with Crippen molar-refractivity contribution < 1.29 is 18.8 Å². The monoisotopic (exact) mass is 273 g/mol. The van der Waals surface area contributed by atoms with Crippen LogP contribution >= 0.6 is 0 Å². The Bertz CT molecular complexity index is 652. The van der Waals surface area contributed by atoms with Gasteiger partial charge in [0.1, 0.15) is 5.75 Å². The number of ether oxygens (including phenoxy) is 1. The van der Waals surface area contributed by atoms with Gasteiger partial charge >= 0.3 is 0 Å². The first-order valence-corrected chi connectivity index (χ1v) is 5.97. The molecular weight excluding hydrogens is 262 g/mol. The Morgan fingerprint density at radius 2 is 2.30 bits per heavy atom. The summed E-state index contributed by atoms with van der Waals surface area (Å²) in [5.41, 5.74) is 1.44. The molecule has 1 aliphatic heterocycles. The molecule has 3 rings (SSSR count). The number of anilines is 1. The lowest BCUT2D eigenvalue weighted by atomic mass is 10.1. The van der Waals surface area contributed by atoms with E-state index in [2.05, 4.69) is 15.8 Å². The second-order valence-electron chi connectivity index (χ2n) is 4.23. The lowest BCUT2D eigenvalue weighted by Gasteiger charge is -2.18. The van der Waals surface area contributed by atoms with Gasteiger partial charge in [-0.25, -0.2) is 0 Å². The number of aromatic nitrogens is 1. The van der Waals surface area contributed by atoms with Crippen LogP contribution in [-0.4, -0.2) is 23.6 Å². The molecule has 0 radical (unpaired) electrons. The fraction of sp³-hybridized carbons (Fsp3) is 0.154. The molecule has 1 aliphatic rings. The summed E-state index contributed by atoms with van der Waals surface area (Å²) in [4.78, 5) is 22.9. The lowest BCUT2D eigenvalue weighted by molar-refractivity contribution is -0.118. The van der Waals surface area contributed by atoms with Crippen LogP contribution in [0.4, 0.5) is 5.69 Å². The Morgan fingerprint density at radius 1 is 1.40 bits per heavy atom. The van der Waals surface area contributed by atoms with Crippen LogP contribution < -0.4 is 15.4 Å². The maximum Gasteiger partial charge on any atom is 0.290 e. The van der Waals surface area contributed by atoms with Crippen LogP contribution in [0, 0.1) is 0 Å². The van der Waals surface area contributed by atoms with Crippen LogP contribution in [0.25, 0.3) is 0 Å². The van der Waals surface area contributed by atoms with Crippen molar-refractivity contribution in [3.05, 3.63) is 41.8 Å². The second-order valence-corrected chi connectivity index (χ2v) is 4.23. The molecule has 7 nitrogen and oxygen atoms in total. The van der Waals surface area contributed by atoms with E-state index in [1.54, 1.807) is 12.1 Å². The predicted octanol–water partition coefficient (Wildman–Crippen LogP) is 0.935. The van der Waals surface area contributed by atoms with Crippen LogP contribution in [0.5, 0.6) is 5.75 Å². The van der Waals surface area contributed by atoms with Gasteiger partial charge in [-0.3, -0.25) is 9.59 Å². The van der Waals surface area contributed by atoms with Crippen molar-refractivity contribution >= 4 is 17.5 Å². The predicted molar refractivity (Wildman–Crippen MR) is 68.2 cm³/mol. The summed E-state index contributed by atoms with van der Waals surface area (Å²) in [5.74, 6) is 0.232. The molecule has 2 amide bonds. The van der Waals surface area contributed by atoms with Crippen molar-refractivity contribution in [3.8, 4) is 5.75 Å². The molecular formula is C13H11N3O4. The minimum absolute atomic E-state index is 0.0224. The van der Waals surface area contributed by atoms with Crippen LogP contribution in [0.2, 0.25) is 0 Å². The maximum absolute atomic E-state index is 11.7. The van der Waals surface area contributed by atoms with Gasteiger partial charge in [0, 0.05) is 12.6 Å². The van der Waals surface area contributed by atoms with Gasteiger partial charge in [-0.2, -0.15) is 0 Å². The summed E-state index contributed by atoms with van der Waals surface area (Å²) in [6.07, 6.45) is 1.40. The van der Waals surface area contributed by atoms with Gasteiger partial charge in [-0.1, -0.05) is 11.2 Å². The molecule has 0 bridgehead atoms. The quantitative estimate of drug-likeness (QED) is 0.867. The van der Waals surface area contributed by atoms with Gasteiger partial charge in [0.15, 0.2) is 6.61 Å². The average Bonchev–Trinajstić information content (AvgIpc) is 2.98. The van der Waals surface area contributed by atoms with Crippen molar-refractivity contribution in [2.75, 3.05) is 11.9 Å². The van der Waals surface area contributed by atoms with E-state index in [-0.39, 0.29) is 24.2 Å². The summed E-state index contributed by atoms with van der Waals surface area (Å²) in [5, 5.41) is 8.87. The Balaban J connectivity index is 1.68. The summed E-state index contributed by atoms with van der Waals surface area (Å²) in [6.45, 7) is 0.331. The molecule has 0 unspecified atom stereocenters. The number of amides is 2. The molecule has 2 N–H and O–H groups in total. The highest BCUT2D eigenvalue weighted by Gasteiger charge is 2.16. The number of carbonyl (C=O) groups is 2. The van der Waals surface area contributed by atoms with Gasteiger partial charge in [0.2, 0.25) is 5.76 Å². The van der Waals surface area contributed by atoms with E-state index in [4.69, 9.17) is 9.26 Å². The molecule has 1 aromatic carbocycles. The highest BCUT2D eigenvalue weighted by Crippen LogP contribution is 2.28. The van der Waals surface area contributed by atoms with Crippen molar-refractivity contribution in [3.63, 3.8) is 0 Å². The summed E-state index contributed by atoms with van der Waals surface area (Å²) in [6, 6.07) is 6.81. The molecule has 0 spiro atoms. The van der Waals surface area contributed by atoms with Crippen molar-refractivity contribution in [1.82, 2.24) is 10.5 Å². The molecule has 0 fully saturated rings. The molecule has 0 aliphatic carbocycles. The number of hydrogen-bond donors (Lipinski definition) is 2. The number of nitrogens with one attached hydrogen (secondary N) is 2. The van der Waals surface area contributed by atoms with Crippen LogP contribution in [0.15, 0.2) is 35.0 Å². The van der Waals surface area contributed by atoms with E-state index < -0.39 is 0 Å². The lowest BCUT2D eigenvalue weighted by Crippen LogP contribution is -2.26. The first-order valence-electron chi connectivity index (χ1n) is 5.97. The summed E-state index contributed by atoms with van der Waals surface area (Å²) >= 11 is 0.